The van der Waals surface area contributed by atoms with Gasteiger partial charge in [0.05, 0.1) is 11.6 Å². The molecule has 0 fully saturated rings. The van der Waals surface area contributed by atoms with Crippen LogP contribution in [-0.2, 0) is 6.42 Å². The molecule has 0 unspecified atom stereocenters. The van der Waals surface area contributed by atoms with Crippen molar-refractivity contribution in [2.75, 3.05) is 10.6 Å². The van der Waals surface area contributed by atoms with E-state index in [2.05, 4.69) is 27.5 Å². The van der Waals surface area contributed by atoms with Crippen LogP contribution in [0.2, 0.25) is 0 Å². The molecule has 0 saturated carbocycles. The summed E-state index contributed by atoms with van der Waals surface area (Å²) in [5, 5.41) is 14.6. The molecule has 6 nitrogen and oxygen atoms in total. The fraction of sp³-hybridized carbons (Fsp3) is 0.100. The van der Waals surface area contributed by atoms with Gasteiger partial charge in [-0.2, -0.15) is 5.26 Å². The highest BCUT2D eigenvalue weighted by Crippen LogP contribution is 2.15. The Morgan fingerprint density at radius 3 is 2.38 bits per heavy atom. The first-order valence-corrected chi connectivity index (χ1v) is 8.18. The Kier molecular flexibility index (Phi) is 5.20. The number of carbonyl (C=O) groups excluding carboxylic acids is 1. The van der Waals surface area contributed by atoms with Crippen LogP contribution in [0, 0.1) is 11.3 Å². The number of nitrogens with one attached hydrogen (secondary N) is 2. The average molecular weight is 343 g/mol. The molecule has 0 aliphatic carbocycles. The molecule has 0 bridgehead atoms. The first-order chi connectivity index (χ1) is 12.7. The van der Waals surface area contributed by atoms with Gasteiger partial charge in [0.2, 0.25) is 5.95 Å². The van der Waals surface area contributed by atoms with Crippen molar-refractivity contribution in [1.29, 1.82) is 5.26 Å². The number of nitriles is 1. The molecule has 6 heteroatoms. The number of benzene rings is 2. The molecule has 0 spiro atoms. The number of aryl methyl sites for hydroxylation is 1. The minimum absolute atomic E-state index is 0.247. The monoisotopic (exact) mass is 343 g/mol. The molecule has 0 saturated heterocycles. The number of hydrogen-bond donors (Lipinski definition) is 2. The number of amides is 1. The average Bonchev–Trinajstić information content (AvgIpc) is 2.69. The van der Waals surface area contributed by atoms with Crippen molar-refractivity contribution < 1.29 is 4.79 Å². The summed E-state index contributed by atoms with van der Waals surface area (Å²) in [5.41, 5.74) is 3.47. The van der Waals surface area contributed by atoms with Crippen LogP contribution in [0.1, 0.15) is 28.5 Å². The maximum atomic E-state index is 12.4. The van der Waals surface area contributed by atoms with Gasteiger partial charge < -0.3 is 10.6 Å². The van der Waals surface area contributed by atoms with E-state index in [1.165, 1.54) is 11.8 Å². The van der Waals surface area contributed by atoms with Crippen LogP contribution < -0.4 is 10.6 Å². The second-order valence-corrected chi connectivity index (χ2v) is 5.58. The van der Waals surface area contributed by atoms with Crippen molar-refractivity contribution in [2.24, 2.45) is 0 Å². The summed E-state index contributed by atoms with van der Waals surface area (Å²) in [4.78, 5) is 20.8. The lowest BCUT2D eigenvalue weighted by atomic mass is 10.1. The molecule has 3 rings (SSSR count). The zero-order valence-electron chi connectivity index (χ0n) is 14.2. The van der Waals surface area contributed by atoms with Gasteiger partial charge >= 0.3 is 0 Å². The van der Waals surface area contributed by atoms with E-state index in [1.54, 1.807) is 30.3 Å². The summed E-state index contributed by atoms with van der Waals surface area (Å²) in [7, 11) is 0. The van der Waals surface area contributed by atoms with E-state index in [1.807, 2.05) is 30.3 Å². The van der Waals surface area contributed by atoms with Crippen molar-refractivity contribution >= 4 is 23.2 Å². The van der Waals surface area contributed by atoms with E-state index in [9.17, 15) is 4.79 Å². The van der Waals surface area contributed by atoms with Crippen molar-refractivity contribution in [3.63, 3.8) is 0 Å². The van der Waals surface area contributed by atoms with Crippen LogP contribution in [0.4, 0.5) is 17.3 Å². The van der Waals surface area contributed by atoms with Gasteiger partial charge in [-0.1, -0.05) is 19.1 Å². The zero-order valence-corrected chi connectivity index (χ0v) is 14.2. The fourth-order valence-electron chi connectivity index (χ4n) is 2.32. The Hall–Kier alpha value is -3.72. The highest BCUT2D eigenvalue weighted by atomic mass is 16.1. The first kappa shape index (κ1) is 17.1. The highest BCUT2D eigenvalue weighted by molar-refractivity contribution is 6.03. The second-order valence-electron chi connectivity index (χ2n) is 5.58. The first-order valence-electron chi connectivity index (χ1n) is 8.18. The molecule has 1 amide bonds. The highest BCUT2D eigenvalue weighted by Gasteiger charge is 2.09. The van der Waals surface area contributed by atoms with Gasteiger partial charge in [-0.25, -0.2) is 9.97 Å². The molecule has 1 heterocycles. The molecule has 0 atom stereocenters. The largest absolute Gasteiger partial charge is 0.324 e. The molecular weight excluding hydrogens is 326 g/mol. The molecule has 1 aromatic heterocycles. The molecule has 2 aromatic carbocycles. The van der Waals surface area contributed by atoms with E-state index in [-0.39, 0.29) is 11.6 Å². The van der Waals surface area contributed by atoms with Crippen molar-refractivity contribution in [3.05, 3.63) is 77.6 Å². The van der Waals surface area contributed by atoms with E-state index < -0.39 is 0 Å². The number of aromatic nitrogens is 2. The molecule has 0 radical (unpaired) electrons. The SMILES string of the molecule is CCc1ccc(Nc2nccc(C(=O)Nc3ccc(C#N)cc3)n2)cc1. The van der Waals surface area contributed by atoms with Crippen molar-refractivity contribution in [1.82, 2.24) is 9.97 Å². The predicted octanol–water partition coefficient (Wildman–Crippen LogP) is 3.91. The lowest BCUT2D eigenvalue weighted by Gasteiger charge is -2.08. The summed E-state index contributed by atoms with van der Waals surface area (Å²) in [6, 6.07) is 18.2. The lowest BCUT2D eigenvalue weighted by molar-refractivity contribution is 0.102. The summed E-state index contributed by atoms with van der Waals surface area (Å²) in [5.74, 6) is 0.00298. The Balaban J connectivity index is 1.71. The molecule has 128 valence electrons. The van der Waals surface area contributed by atoms with Crippen LogP contribution >= 0.6 is 0 Å². The Morgan fingerprint density at radius 1 is 1.04 bits per heavy atom. The minimum Gasteiger partial charge on any atom is -0.324 e. The quantitative estimate of drug-likeness (QED) is 0.733. The molecule has 0 aliphatic rings. The predicted molar refractivity (Wildman–Crippen MR) is 100 cm³/mol. The van der Waals surface area contributed by atoms with Gasteiger partial charge in [0.15, 0.2) is 0 Å². The van der Waals surface area contributed by atoms with Gasteiger partial charge in [0.25, 0.3) is 5.91 Å². The molecule has 26 heavy (non-hydrogen) atoms. The van der Waals surface area contributed by atoms with Crippen molar-refractivity contribution in [3.8, 4) is 6.07 Å². The van der Waals surface area contributed by atoms with E-state index >= 15 is 0 Å². The van der Waals surface area contributed by atoms with Crippen molar-refractivity contribution in [2.45, 2.75) is 13.3 Å². The molecule has 2 N–H and O–H groups in total. The van der Waals surface area contributed by atoms with Gasteiger partial charge in [-0.05, 0) is 54.4 Å². The van der Waals surface area contributed by atoms with E-state index in [0.29, 0.717) is 17.2 Å². The van der Waals surface area contributed by atoms with Gasteiger partial charge in [-0.3, -0.25) is 4.79 Å². The lowest BCUT2D eigenvalue weighted by Crippen LogP contribution is -2.14. The van der Waals surface area contributed by atoms with Gasteiger partial charge in [0, 0.05) is 17.6 Å². The summed E-state index contributed by atoms with van der Waals surface area (Å²) in [6.45, 7) is 2.10. The Labute approximate surface area is 151 Å². The fourth-order valence-corrected chi connectivity index (χ4v) is 2.32. The second kappa shape index (κ2) is 7.90. The standard InChI is InChI=1S/C20H17N5O/c1-2-14-3-7-17(8-4-14)24-20-22-12-11-18(25-20)19(26)23-16-9-5-15(13-21)6-10-16/h3-12H,2H2,1H3,(H,23,26)(H,22,24,25). The number of hydrogen-bond acceptors (Lipinski definition) is 5. The zero-order chi connectivity index (χ0) is 18.4. The van der Waals surface area contributed by atoms with Crippen LogP contribution in [0.5, 0.6) is 0 Å². The topological polar surface area (TPSA) is 90.7 Å². The minimum atomic E-state index is -0.346. The van der Waals surface area contributed by atoms with Gasteiger partial charge in [0.1, 0.15) is 5.69 Å². The van der Waals surface area contributed by atoms with E-state index in [0.717, 1.165) is 12.1 Å². The summed E-state index contributed by atoms with van der Waals surface area (Å²) in [6.07, 6.45) is 2.51. The normalized spacial score (nSPS) is 10.0. The number of nitrogens with zero attached hydrogens (tertiary/aromatic N) is 3. The van der Waals surface area contributed by atoms with Gasteiger partial charge in [-0.15, -0.1) is 0 Å². The Morgan fingerprint density at radius 2 is 1.73 bits per heavy atom. The third-order valence-corrected chi connectivity index (χ3v) is 3.78. The van der Waals surface area contributed by atoms with Crippen LogP contribution in [0.3, 0.4) is 0 Å². The summed E-state index contributed by atoms with van der Waals surface area (Å²) < 4.78 is 0. The van der Waals surface area contributed by atoms with E-state index in [4.69, 9.17) is 5.26 Å². The molecule has 0 aliphatic heterocycles. The maximum Gasteiger partial charge on any atom is 0.274 e. The number of anilines is 3. The number of carbonyl (C=O) groups is 1. The number of rotatable bonds is 5. The van der Waals surface area contributed by atoms with Crippen LogP contribution in [0.15, 0.2) is 60.8 Å². The maximum absolute atomic E-state index is 12.4. The Bertz CT molecular complexity index is 943. The molecular formula is C20H17N5O. The third-order valence-electron chi connectivity index (χ3n) is 3.78. The smallest absolute Gasteiger partial charge is 0.274 e. The third kappa shape index (κ3) is 4.22. The van der Waals surface area contributed by atoms with Crippen LogP contribution in [-0.4, -0.2) is 15.9 Å². The van der Waals surface area contributed by atoms with Crippen LogP contribution in [0.25, 0.3) is 0 Å². The molecule has 3 aromatic rings. The summed E-state index contributed by atoms with van der Waals surface area (Å²) >= 11 is 0.